The first-order valence-corrected chi connectivity index (χ1v) is 13.8. The molecule has 0 bridgehead atoms. The van der Waals surface area contributed by atoms with Gasteiger partial charge in [-0.25, -0.2) is 5.43 Å². The lowest BCUT2D eigenvalue weighted by molar-refractivity contribution is 0.495. The van der Waals surface area contributed by atoms with Gasteiger partial charge in [0.2, 0.25) is 0 Å². The fourth-order valence-electron chi connectivity index (χ4n) is 4.19. The monoisotopic (exact) mass is 493 g/mol. The molecule has 1 aliphatic carbocycles. The van der Waals surface area contributed by atoms with E-state index >= 15 is 0 Å². The number of aromatic nitrogens is 1. The number of aliphatic imine (C=N–C) groups is 1. The zero-order valence-electron chi connectivity index (χ0n) is 22.3. The van der Waals surface area contributed by atoms with E-state index in [9.17, 15) is 5.26 Å². The van der Waals surface area contributed by atoms with Crippen molar-refractivity contribution in [1.29, 1.82) is 5.26 Å². The van der Waals surface area contributed by atoms with Gasteiger partial charge in [-0.1, -0.05) is 65.7 Å². The van der Waals surface area contributed by atoms with E-state index in [1.54, 1.807) is 6.08 Å². The van der Waals surface area contributed by atoms with Gasteiger partial charge in [0.05, 0.1) is 34.4 Å². The number of nitrogens with one attached hydrogen (secondary N) is 2. The molecule has 2 N–H and O–H groups in total. The number of rotatable bonds is 13. The highest BCUT2D eigenvalue weighted by Crippen LogP contribution is 2.32. The quantitative estimate of drug-likeness (QED) is 0.138. The van der Waals surface area contributed by atoms with Crippen molar-refractivity contribution in [3.8, 4) is 6.07 Å². The Morgan fingerprint density at radius 1 is 1.31 bits per heavy atom. The maximum atomic E-state index is 10.2. The van der Waals surface area contributed by atoms with Crippen LogP contribution in [0.5, 0.6) is 0 Å². The van der Waals surface area contributed by atoms with Crippen LogP contribution in [0, 0.1) is 17.2 Å². The summed E-state index contributed by atoms with van der Waals surface area (Å²) >= 11 is 0. The predicted molar refractivity (Wildman–Crippen MR) is 155 cm³/mol. The molecule has 1 fully saturated rings. The van der Waals surface area contributed by atoms with E-state index in [0.717, 1.165) is 83.4 Å². The lowest BCUT2D eigenvalue weighted by atomic mass is 10.1. The minimum absolute atomic E-state index is 0.277. The van der Waals surface area contributed by atoms with Crippen molar-refractivity contribution in [3.63, 3.8) is 0 Å². The second kappa shape index (κ2) is 14.9. The Morgan fingerprint density at radius 3 is 2.66 bits per heavy atom. The normalized spacial score (nSPS) is 14.8. The highest BCUT2D eigenvalue weighted by atomic mass is 31.0. The summed E-state index contributed by atoms with van der Waals surface area (Å²) in [6, 6.07) is 9.08. The van der Waals surface area contributed by atoms with E-state index < -0.39 is 0 Å². The molecule has 0 spiro atoms. The first-order chi connectivity index (χ1) is 17.0. The first-order valence-electron chi connectivity index (χ1n) is 13.3. The number of fused-ring (bicyclic) bond motifs is 1. The molecule has 5 nitrogen and oxygen atoms in total. The molecular formula is C29H44N5P. The number of unbranched alkanes of at least 4 members (excludes halogenated alkanes) is 1. The first kappa shape index (κ1) is 28.8. The third-order valence-corrected chi connectivity index (χ3v) is 6.58. The van der Waals surface area contributed by atoms with Crippen molar-refractivity contribution in [2.24, 2.45) is 10.9 Å². The molecule has 1 aliphatic rings. The van der Waals surface area contributed by atoms with Gasteiger partial charge in [-0.15, -0.1) is 9.24 Å². The Kier molecular flexibility index (Phi) is 12.2. The largest absolute Gasteiger partial charge is 0.336 e. The van der Waals surface area contributed by atoms with Crippen LogP contribution < -0.4 is 16.2 Å². The molecule has 1 aromatic heterocycles. The molecule has 0 radical (unpaired) electrons. The summed E-state index contributed by atoms with van der Waals surface area (Å²) in [4.78, 5) is 4.92. The predicted octanol–water partition coefficient (Wildman–Crippen LogP) is 6.91. The average molecular weight is 494 g/mol. The number of nitriles is 1. The van der Waals surface area contributed by atoms with Crippen LogP contribution in [-0.4, -0.2) is 16.8 Å². The van der Waals surface area contributed by atoms with E-state index in [2.05, 4.69) is 76.3 Å². The molecule has 35 heavy (non-hydrogen) atoms. The van der Waals surface area contributed by atoms with Crippen LogP contribution in [-0.2, 0) is 0 Å². The Morgan fingerprint density at radius 2 is 2.06 bits per heavy atom. The third-order valence-electron chi connectivity index (χ3n) is 6.22. The van der Waals surface area contributed by atoms with Crippen molar-refractivity contribution in [1.82, 2.24) is 15.4 Å². The van der Waals surface area contributed by atoms with Crippen LogP contribution in [0.1, 0.15) is 96.9 Å². The molecular weight excluding hydrogens is 449 g/mol. The smallest absolute Gasteiger partial charge is 0.102 e. The van der Waals surface area contributed by atoms with Crippen LogP contribution in [0.15, 0.2) is 47.7 Å². The standard InChI is InChI=1S/C27H38N5P.C2H6/c1-5-8-10-19(4)32-26-15-22(33)13-14-23(26)24(16-28)27(32)25(9-6-2)29-18-21(7-3)31-30-17-20-11-12-20;1-2/h7,13-15,18-20,30-31H,3,5-6,8-12,17,33H2,1-2,4H3;1-2H3/b21-18+,29-25?;. The Hall–Kier alpha value is -2.41. The van der Waals surface area contributed by atoms with Crippen LogP contribution in [0.2, 0.25) is 0 Å². The van der Waals surface area contributed by atoms with Gasteiger partial charge in [0.25, 0.3) is 0 Å². The number of benzene rings is 1. The average Bonchev–Trinajstić information content (AvgIpc) is 3.64. The van der Waals surface area contributed by atoms with E-state index in [1.807, 2.05) is 20.0 Å². The Labute approximate surface area is 215 Å². The van der Waals surface area contributed by atoms with Gasteiger partial charge in [0, 0.05) is 18.0 Å². The van der Waals surface area contributed by atoms with Crippen molar-refractivity contribution in [2.75, 3.05) is 6.54 Å². The van der Waals surface area contributed by atoms with Crippen molar-refractivity contribution in [2.45, 2.75) is 85.6 Å². The second-order valence-corrected chi connectivity index (χ2v) is 9.70. The number of hydrogen-bond donors (Lipinski definition) is 2. The van der Waals surface area contributed by atoms with Gasteiger partial charge in [0.15, 0.2) is 0 Å². The zero-order chi connectivity index (χ0) is 25.8. The highest BCUT2D eigenvalue weighted by Gasteiger charge is 2.24. The molecule has 6 heteroatoms. The molecule has 0 saturated heterocycles. The Balaban J connectivity index is 0.00000210. The van der Waals surface area contributed by atoms with E-state index in [1.165, 1.54) is 12.8 Å². The van der Waals surface area contributed by atoms with Crippen LogP contribution in [0.4, 0.5) is 0 Å². The molecule has 1 heterocycles. The van der Waals surface area contributed by atoms with Gasteiger partial charge in [-0.2, -0.15) is 5.26 Å². The fraction of sp³-hybridized carbons (Fsp3) is 0.517. The fourth-order valence-corrected chi connectivity index (χ4v) is 4.45. The van der Waals surface area contributed by atoms with Crippen LogP contribution in [0.3, 0.4) is 0 Å². The molecule has 1 aromatic carbocycles. The molecule has 2 atom stereocenters. The van der Waals surface area contributed by atoms with E-state index in [0.29, 0.717) is 0 Å². The summed E-state index contributed by atoms with van der Waals surface area (Å²) in [7, 11) is 2.78. The maximum Gasteiger partial charge on any atom is 0.102 e. The summed E-state index contributed by atoms with van der Waals surface area (Å²) < 4.78 is 2.35. The van der Waals surface area contributed by atoms with Gasteiger partial charge < -0.3 is 9.99 Å². The van der Waals surface area contributed by atoms with Gasteiger partial charge >= 0.3 is 0 Å². The van der Waals surface area contributed by atoms with Crippen LogP contribution in [0.25, 0.3) is 10.9 Å². The van der Waals surface area contributed by atoms with Crippen molar-refractivity contribution >= 4 is 31.2 Å². The Bertz CT molecular complexity index is 1070. The molecule has 2 aromatic rings. The number of hydrazine groups is 1. The minimum atomic E-state index is 0.277. The van der Waals surface area contributed by atoms with Crippen molar-refractivity contribution < 1.29 is 0 Å². The van der Waals surface area contributed by atoms with Gasteiger partial charge in [-0.05, 0) is 56.0 Å². The SMILES string of the molecule is C=C/C(=C\N=C(CCC)c1c(C#N)c2ccc(P)cc2n1C(C)CCCC)NNCC1CC1.CC. The maximum absolute atomic E-state index is 10.2. The van der Waals surface area contributed by atoms with Gasteiger partial charge in [-0.3, -0.25) is 4.99 Å². The summed E-state index contributed by atoms with van der Waals surface area (Å²) in [5, 5.41) is 12.3. The molecule has 3 rings (SSSR count). The molecule has 2 unspecified atom stereocenters. The second-order valence-electron chi connectivity index (χ2n) is 9.04. The van der Waals surface area contributed by atoms with Crippen molar-refractivity contribution in [3.05, 3.63) is 54.0 Å². The number of allylic oxidation sites excluding steroid dienone is 1. The molecule has 1 saturated carbocycles. The lowest BCUT2D eigenvalue weighted by Gasteiger charge is -2.20. The molecule has 190 valence electrons. The number of nitrogens with zero attached hydrogens (tertiary/aromatic N) is 3. The third kappa shape index (κ3) is 7.79. The topological polar surface area (TPSA) is 65.1 Å². The summed E-state index contributed by atoms with van der Waals surface area (Å²) in [5.41, 5.74) is 11.1. The minimum Gasteiger partial charge on any atom is -0.336 e. The summed E-state index contributed by atoms with van der Waals surface area (Å²) in [5.74, 6) is 0.780. The van der Waals surface area contributed by atoms with Gasteiger partial charge in [0.1, 0.15) is 6.07 Å². The summed E-state index contributed by atoms with van der Waals surface area (Å²) in [6.07, 6.45) is 11.3. The van der Waals surface area contributed by atoms with Crippen LogP contribution >= 0.6 is 9.24 Å². The molecule has 0 aliphatic heterocycles. The van der Waals surface area contributed by atoms with E-state index in [-0.39, 0.29) is 6.04 Å². The summed E-state index contributed by atoms with van der Waals surface area (Å²) in [6.45, 7) is 15.5. The van der Waals surface area contributed by atoms with E-state index in [4.69, 9.17) is 4.99 Å². The zero-order valence-corrected chi connectivity index (χ0v) is 23.5. The highest BCUT2D eigenvalue weighted by molar-refractivity contribution is 7.27. The molecule has 0 amide bonds. The number of hydrogen-bond acceptors (Lipinski definition) is 4. The lowest BCUT2D eigenvalue weighted by Crippen LogP contribution is -2.32.